The molecule has 106 valence electrons. The Balaban J connectivity index is 2.64. The molecule has 1 rings (SSSR count). The van der Waals surface area contributed by atoms with E-state index in [1.165, 1.54) is 12.1 Å². The van der Waals surface area contributed by atoms with Gasteiger partial charge in [0.05, 0.1) is 6.61 Å². The van der Waals surface area contributed by atoms with E-state index in [9.17, 15) is 18.0 Å². The molecule has 0 spiro atoms. The average molecular weight is 292 g/mol. The first-order chi connectivity index (χ1) is 8.81. The number of hydrogen-bond donors (Lipinski definition) is 0. The van der Waals surface area contributed by atoms with E-state index < -0.39 is 5.51 Å². The molecule has 0 radical (unpaired) electrons. The van der Waals surface area contributed by atoms with Crippen molar-refractivity contribution in [3.05, 3.63) is 29.3 Å². The van der Waals surface area contributed by atoms with Crippen LogP contribution in [0.25, 0.3) is 0 Å². The van der Waals surface area contributed by atoms with Gasteiger partial charge in [-0.3, -0.25) is 4.79 Å². The number of benzene rings is 1. The Morgan fingerprint density at radius 2 is 2.05 bits per heavy atom. The van der Waals surface area contributed by atoms with Crippen LogP contribution in [0, 0.1) is 6.92 Å². The van der Waals surface area contributed by atoms with Crippen LogP contribution in [0.3, 0.4) is 0 Å². The van der Waals surface area contributed by atoms with Crippen molar-refractivity contribution in [2.24, 2.45) is 0 Å². The van der Waals surface area contributed by atoms with Gasteiger partial charge in [0.2, 0.25) is 0 Å². The normalized spacial score (nSPS) is 11.4. The fraction of sp³-hybridized carbons (Fsp3) is 0.462. The maximum atomic E-state index is 12.2. The number of carbonyl (C=O) groups is 1. The Kier molecular flexibility index (Phi) is 5.72. The number of hydrogen-bond acceptors (Lipinski definition) is 3. The monoisotopic (exact) mass is 292 g/mol. The van der Waals surface area contributed by atoms with Gasteiger partial charge in [0.1, 0.15) is 0 Å². The zero-order valence-electron chi connectivity index (χ0n) is 10.7. The Morgan fingerprint density at radius 3 is 2.58 bits per heavy atom. The van der Waals surface area contributed by atoms with Gasteiger partial charge in [-0.05, 0) is 55.3 Å². The van der Waals surface area contributed by atoms with Crippen LogP contribution in [-0.4, -0.2) is 18.1 Å². The highest BCUT2D eigenvalue weighted by Gasteiger charge is 2.29. The maximum absolute atomic E-state index is 12.2. The number of carbonyl (C=O) groups excluding carboxylic acids is 1. The van der Waals surface area contributed by atoms with Gasteiger partial charge in [-0.2, -0.15) is 13.2 Å². The quantitative estimate of drug-likeness (QED) is 0.603. The summed E-state index contributed by atoms with van der Waals surface area (Å²) in [5.41, 5.74) is -2.67. The zero-order valence-corrected chi connectivity index (χ0v) is 11.5. The van der Waals surface area contributed by atoms with Crippen molar-refractivity contribution >= 4 is 17.7 Å². The molecule has 0 aliphatic carbocycles. The Labute approximate surface area is 114 Å². The largest absolute Gasteiger partial charge is 0.466 e. The Bertz CT molecular complexity index is 444. The third-order valence-electron chi connectivity index (χ3n) is 2.45. The minimum atomic E-state index is -4.28. The molecule has 0 unspecified atom stereocenters. The standard InChI is InChI=1S/C13H15F3O2S/c1-3-18-12(17)7-5-10-4-6-11(8-9(10)2)19-13(14,15)16/h4,6,8H,3,5,7H2,1-2H3. The molecule has 0 aliphatic heterocycles. The molecule has 0 saturated heterocycles. The minimum absolute atomic E-state index is 0.135. The summed E-state index contributed by atoms with van der Waals surface area (Å²) in [6, 6.07) is 4.53. The second-order valence-corrected chi connectivity index (χ2v) is 5.08. The van der Waals surface area contributed by atoms with Crippen LogP contribution in [0.4, 0.5) is 13.2 Å². The molecular weight excluding hydrogens is 277 g/mol. The van der Waals surface area contributed by atoms with Gasteiger partial charge in [0.15, 0.2) is 0 Å². The SMILES string of the molecule is CCOC(=O)CCc1ccc(SC(F)(F)F)cc1C. The third-order valence-corrected chi connectivity index (χ3v) is 3.17. The molecule has 0 N–H and O–H groups in total. The van der Waals surface area contributed by atoms with Crippen LogP contribution in [0.2, 0.25) is 0 Å². The smallest absolute Gasteiger partial charge is 0.446 e. The third kappa shape index (κ3) is 6.00. The van der Waals surface area contributed by atoms with E-state index >= 15 is 0 Å². The van der Waals surface area contributed by atoms with Crippen molar-refractivity contribution < 1.29 is 22.7 Å². The van der Waals surface area contributed by atoms with E-state index in [2.05, 4.69) is 0 Å². The molecule has 2 nitrogen and oxygen atoms in total. The summed E-state index contributed by atoms with van der Waals surface area (Å²) >= 11 is -0.135. The summed E-state index contributed by atoms with van der Waals surface area (Å²) in [6.07, 6.45) is 0.710. The van der Waals surface area contributed by atoms with Gasteiger partial charge < -0.3 is 4.74 Å². The Morgan fingerprint density at radius 1 is 1.37 bits per heavy atom. The van der Waals surface area contributed by atoms with E-state index in [1.807, 2.05) is 0 Å². The van der Waals surface area contributed by atoms with Gasteiger partial charge in [-0.25, -0.2) is 0 Å². The lowest BCUT2D eigenvalue weighted by molar-refractivity contribution is -0.143. The van der Waals surface area contributed by atoms with Crippen molar-refractivity contribution in [2.45, 2.75) is 37.1 Å². The van der Waals surface area contributed by atoms with Crippen LogP contribution in [-0.2, 0) is 16.0 Å². The molecule has 0 aromatic heterocycles. The van der Waals surface area contributed by atoms with Crippen molar-refractivity contribution in [1.29, 1.82) is 0 Å². The zero-order chi connectivity index (χ0) is 14.5. The summed E-state index contributed by atoms with van der Waals surface area (Å²) in [7, 11) is 0. The first-order valence-electron chi connectivity index (χ1n) is 5.82. The summed E-state index contributed by atoms with van der Waals surface area (Å²) in [5, 5.41) is 0. The molecule has 6 heteroatoms. The highest BCUT2D eigenvalue weighted by Crippen LogP contribution is 2.37. The molecule has 0 heterocycles. The topological polar surface area (TPSA) is 26.3 Å². The van der Waals surface area contributed by atoms with E-state index in [0.717, 1.165) is 11.1 Å². The van der Waals surface area contributed by atoms with Gasteiger partial charge in [0.25, 0.3) is 0 Å². The molecule has 19 heavy (non-hydrogen) atoms. The van der Waals surface area contributed by atoms with Crippen LogP contribution in [0.5, 0.6) is 0 Å². The number of ether oxygens (including phenoxy) is 1. The van der Waals surface area contributed by atoms with Crippen LogP contribution >= 0.6 is 11.8 Å². The summed E-state index contributed by atoms with van der Waals surface area (Å²) < 4.78 is 41.4. The predicted molar refractivity (Wildman–Crippen MR) is 68.0 cm³/mol. The number of aryl methyl sites for hydroxylation is 2. The lowest BCUT2D eigenvalue weighted by Crippen LogP contribution is -2.06. The molecule has 0 saturated carbocycles. The minimum Gasteiger partial charge on any atom is -0.466 e. The van der Waals surface area contributed by atoms with Gasteiger partial charge >= 0.3 is 11.5 Å². The highest BCUT2D eigenvalue weighted by atomic mass is 32.2. The van der Waals surface area contributed by atoms with Crippen LogP contribution < -0.4 is 0 Å². The fourth-order valence-electron chi connectivity index (χ4n) is 1.62. The molecule has 1 aromatic carbocycles. The van der Waals surface area contributed by atoms with E-state index in [-0.39, 0.29) is 29.0 Å². The summed E-state index contributed by atoms with van der Waals surface area (Å²) in [5.74, 6) is -0.296. The summed E-state index contributed by atoms with van der Waals surface area (Å²) in [6.45, 7) is 3.80. The maximum Gasteiger partial charge on any atom is 0.446 e. The molecule has 0 amide bonds. The number of alkyl halides is 3. The molecule has 0 bridgehead atoms. The molecule has 1 aromatic rings. The van der Waals surface area contributed by atoms with Crippen molar-refractivity contribution in [1.82, 2.24) is 0 Å². The van der Waals surface area contributed by atoms with E-state index in [4.69, 9.17) is 4.74 Å². The lowest BCUT2D eigenvalue weighted by atomic mass is 10.0. The average Bonchev–Trinajstić information content (AvgIpc) is 2.26. The van der Waals surface area contributed by atoms with Gasteiger partial charge in [-0.15, -0.1) is 0 Å². The molecular formula is C13H15F3O2S. The predicted octanol–water partition coefficient (Wildman–Crippen LogP) is 4.10. The van der Waals surface area contributed by atoms with E-state index in [1.54, 1.807) is 19.9 Å². The van der Waals surface area contributed by atoms with E-state index in [0.29, 0.717) is 13.0 Å². The number of esters is 1. The lowest BCUT2D eigenvalue weighted by Gasteiger charge is -2.09. The molecule has 0 aliphatic rings. The first kappa shape index (κ1) is 15.9. The second-order valence-electron chi connectivity index (χ2n) is 3.94. The van der Waals surface area contributed by atoms with Crippen molar-refractivity contribution in [3.8, 4) is 0 Å². The van der Waals surface area contributed by atoms with Crippen LogP contribution in [0.15, 0.2) is 23.1 Å². The second kappa shape index (κ2) is 6.84. The van der Waals surface area contributed by atoms with Crippen molar-refractivity contribution in [3.63, 3.8) is 0 Å². The fourth-order valence-corrected chi connectivity index (χ4v) is 2.25. The van der Waals surface area contributed by atoms with Gasteiger partial charge in [-0.1, -0.05) is 6.07 Å². The Hall–Kier alpha value is -1.17. The number of thioether (sulfide) groups is 1. The van der Waals surface area contributed by atoms with Crippen molar-refractivity contribution in [2.75, 3.05) is 6.61 Å². The molecule has 0 fully saturated rings. The van der Waals surface area contributed by atoms with Crippen LogP contribution in [0.1, 0.15) is 24.5 Å². The number of rotatable bonds is 5. The highest BCUT2D eigenvalue weighted by molar-refractivity contribution is 8.00. The summed E-state index contributed by atoms with van der Waals surface area (Å²) in [4.78, 5) is 11.4. The first-order valence-corrected chi connectivity index (χ1v) is 6.64. The van der Waals surface area contributed by atoms with Gasteiger partial charge in [0, 0.05) is 11.3 Å². The molecule has 0 atom stereocenters. The number of halogens is 3.